The van der Waals surface area contributed by atoms with Gasteiger partial charge in [-0.25, -0.2) is 8.42 Å². The molecule has 0 aliphatic carbocycles. The molecule has 0 radical (unpaired) electrons. The van der Waals surface area contributed by atoms with Crippen molar-refractivity contribution in [2.45, 2.75) is 44.7 Å². The van der Waals surface area contributed by atoms with Crippen LogP contribution in [0.15, 0.2) is 108 Å². The van der Waals surface area contributed by atoms with Gasteiger partial charge in [-0.05, 0) is 72.5 Å². The Morgan fingerprint density at radius 1 is 0.787 bits per heavy atom. The molecule has 0 saturated heterocycles. The van der Waals surface area contributed by atoms with Gasteiger partial charge in [-0.15, -0.1) is 0 Å². The highest BCUT2D eigenvalue weighted by Gasteiger charge is 2.34. The third-order valence-corrected chi connectivity index (χ3v) is 9.48. The van der Waals surface area contributed by atoms with Gasteiger partial charge in [0.15, 0.2) is 0 Å². The molecule has 1 N–H and O–H groups in total. The van der Waals surface area contributed by atoms with Gasteiger partial charge in [0.25, 0.3) is 10.0 Å². The molecule has 2 amide bonds. The van der Waals surface area contributed by atoms with Gasteiger partial charge in [0.05, 0.1) is 24.8 Å². The Morgan fingerprint density at radius 2 is 1.43 bits per heavy atom. The normalized spacial score (nSPS) is 11.9. The van der Waals surface area contributed by atoms with Gasteiger partial charge in [0.2, 0.25) is 11.8 Å². The Kier molecular flexibility index (Phi) is 12.0. The van der Waals surface area contributed by atoms with Crippen LogP contribution in [0.1, 0.15) is 30.5 Å². The summed E-state index contributed by atoms with van der Waals surface area (Å²) in [7, 11) is -1.16. The molecule has 0 aliphatic rings. The Balaban J connectivity index is 1.80. The fourth-order valence-corrected chi connectivity index (χ4v) is 6.47. The van der Waals surface area contributed by atoms with E-state index >= 15 is 0 Å². The third kappa shape index (κ3) is 9.36. The predicted molar refractivity (Wildman–Crippen MR) is 184 cm³/mol. The monoisotopic (exact) mass is 657 g/mol. The first-order valence-corrected chi connectivity index (χ1v) is 16.9. The van der Waals surface area contributed by atoms with E-state index in [0.29, 0.717) is 23.7 Å². The van der Waals surface area contributed by atoms with Crippen LogP contribution >= 0.6 is 0 Å². The Bertz CT molecular complexity index is 1730. The summed E-state index contributed by atoms with van der Waals surface area (Å²) in [6.45, 7) is 5.82. The van der Waals surface area contributed by atoms with Crippen molar-refractivity contribution in [1.82, 2.24) is 10.2 Å². The maximum Gasteiger partial charge on any atom is 0.264 e. The van der Waals surface area contributed by atoms with E-state index in [9.17, 15) is 18.0 Å². The maximum absolute atomic E-state index is 14.6. The average Bonchev–Trinajstić information content (AvgIpc) is 3.08. The number of nitrogens with one attached hydrogen (secondary N) is 1. The number of amides is 2. The predicted octanol–water partition coefficient (Wildman–Crippen LogP) is 5.62. The molecule has 4 aromatic rings. The number of rotatable bonds is 15. The lowest BCUT2D eigenvalue weighted by Crippen LogP contribution is -2.53. The minimum atomic E-state index is -4.22. The first-order chi connectivity index (χ1) is 22.5. The maximum atomic E-state index is 14.6. The zero-order valence-electron chi connectivity index (χ0n) is 27.6. The van der Waals surface area contributed by atoms with Crippen LogP contribution in [0.3, 0.4) is 0 Å². The molecule has 0 spiro atoms. The van der Waals surface area contributed by atoms with Crippen LogP contribution in [0.25, 0.3) is 0 Å². The summed E-state index contributed by atoms with van der Waals surface area (Å²) in [6, 6.07) is 28.8. The molecule has 0 aromatic heterocycles. The van der Waals surface area contributed by atoms with E-state index in [1.165, 1.54) is 24.1 Å². The topological polar surface area (TPSA) is 105 Å². The molecule has 0 unspecified atom stereocenters. The van der Waals surface area contributed by atoms with Crippen molar-refractivity contribution in [2.24, 2.45) is 5.92 Å². The quantitative estimate of drug-likeness (QED) is 0.178. The zero-order valence-corrected chi connectivity index (χ0v) is 28.4. The second-order valence-electron chi connectivity index (χ2n) is 11.7. The molecular weight excluding hydrogens is 614 g/mol. The van der Waals surface area contributed by atoms with Gasteiger partial charge in [-0.2, -0.15) is 0 Å². The molecule has 10 heteroatoms. The summed E-state index contributed by atoms with van der Waals surface area (Å²) < 4.78 is 40.2. The number of carbonyl (C=O) groups excluding carboxylic acids is 2. The zero-order chi connectivity index (χ0) is 34.0. The lowest BCUT2D eigenvalue weighted by molar-refractivity contribution is -0.140. The summed E-state index contributed by atoms with van der Waals surface area (Å²) in [5.74, 6) is 0.431. The Morgan fingerprint density at radius 3 is 2.04 bits per heavy atom. The van der Waals surface area contributed by atoms with Crippen molar-refractivity contribution in [2.75, 3.05) is 31.6 Å². The van der Waals surface area contributed by atoms with Crippen LogP contribution in [0.4, 0.5) is 5.69 Å². The smallest absolute Gasteiger partial charge is 0.264 e. The molecule has 0 fully saturated rings. The Hall–Kier alpha value is -4.83. The highest BCUT2D eigenvalue weighted by Crippen LogP contribution is 2.27. The molecule has 0 bridgehead atoms. The van der Waals surface area contributed by atoms with Crippen LogP contribution in [-0.4, -0.2) is 58.5 Å². The number of anilines is 1. The van der Waals surface area contributed by atoms with E-state index in [2.05, 4.69) is 5.32 Å². The van der Waals surface area contributed by atoms with Crippen molar-refractivity contribution in [3.05, 3.63) is 120 Å². The second-order valence-corrected chi connectivity index (χ2v) is 13.6. The van der Waals surface area contributed by atoms with E-state index in [4.69, 9.17) is 9.47 Å². The number of hydrogen-bond acceptors (Lipinski definition) is 6. The number of ether oxygens (including phenoxy) is 2. The van der Waals surface area contributed by atoms with Gasteiger partial charge in [-0.1, -0.05) is 74.0 Å². The number of methoxy groups -OCH3 is 2. The minimum absolute atomic E-state index is 0.00142. The third-order valence-electron chi connectivity index (χ3n) is 7.69. The van der Waals surface area contributed by atoms with E-state index < -0.39 is 28.5 Å². The van der Waals surface area contributed by atoms with Crippen LogP contribution in [0.5, 0.6) is 11.5 Å². The lowest BCUT2D eigenvalue weighted by atomic mass is 10.0. The largest absolute Gasteiger partial charge is 0.497 e. The number of sulfonamides is 1. The van der Waals surface area contributed by atoms with Gasteiger partial charge in [0, 0.05) is 19.5 Å². The minimum Gasteiger partial charge on any atom is -0.497 e. The van der Waals surface area contributed by atoms with Gasteiger partial charge < -0.3 is 19.7 Å². The molecule has 0 aliphatic heterocycles. The molecule has 0 heterocycles. The van der Waals surface area contributed by atoms with Crippen LogP contribution in [0.2, 0.25) is 0 Å². The van der Waals surface area contributed by atoms with Crippen LogP contribution < -0.4 is 19.1 Å². The highest BCUT2D eigenvalue weighted by molar-refractivity contribution is 7.92. The average molecular weight is 658 g/mol. The molecule has 1 atom stereocenters. The molecule has 9 nitrogen and oxygen atoms in total. The number of carbonyl (C=O) groups is 2. The van der Waals surface area contributed by atoms with Gasteiger partial charge in [0.1, 0.15) is 24.1 Å². The van der Waals surface area contributed by atoms with Crippen molar-refractivity contribution in [3.63, 3.8) is 0 Å². The lowest BCUT2D eigenvalue weighted by Gasteiger charge is -2.34. The van der Waals surface area contributed by atoms with Crippen LogP contribution in [0, 0.1) is 12.8 Å². The summed E-state index contributed by atoms with van der Waals surface area (Å²) in [6.07, 6.45) is 0.232. The highest BCUT2D eigenvalue weighted by atomic mass is 32.2. The number of benzene rings is 4. The first-order valence-electron chi connectivity index (χ1n) is 15.5. The van der Waals surface area contributed by atoms with E-state index in [1.54, 1.807) is 55.6 Å². The first kappa shape index (κ1) is 35.0. The summed E-state index contributed by atoms with van der Waals surface area (Å²) in [4.78, 5) is 30.0. The molecule has 4 aromatic carbocycles. The number of hydrogen-bond donors (Lipinski definition) is 1. The SMILES string of the molecule is COc1ccc(S(=O)(=O)N(CC(=O)N(Cc2cccc(OC)c2)[C@H](Cc2ccccc2)C(=O)NCC(C)C)c2ccc(C)cc2)cc1. The molecule has 47 heavy (non-hydrogen) atoms. The molecule has 4 rings (SSSR count). The molecule has 248 valence electrons. The molecule has 0 saturated carbocycles. The van der Waals surface area contributed by atoms with Crippen molar-refractivity contribution >= 4 is 27.5 Å². The van der Waals surface area contributed by atoms with Crippen molar-refractivity contribution < 1.29 is 27.5 Å². The van der Waals surface area contributed by atoms with Crippen molar-refractivity contribution in [3.8, 4) is 11.5 Å². The standard InChI is InChI=1S/C37H43N3O6S/c1-27(2)24-38-37(42)35(23-29-10-7-6-8-11-29)39(25-30-12-9-13-33(22-30)46-5)36(41)26-40(31-16-14-28(3)15-17-31)47(43,44)34-20-18-32(45-4)19-21-34/h6-22,27,35H,23-26H2,1-5H3,(H,38,42)/t35-/m1/s1. The number of aryl methyl sites for hydroxylation is 1. The fraction of sp³-hybridized carbons (Fsp3) is 0.297. The van der Waals surface area contributed by atoms with Crippen LogP contribution in [-0.2, 0) is 32.6 Å². The van der Waals surface area contributed by atoms with Gasteiger partial charge >= 0.3 is 0 Å². The second kappa shape index (κ2) is 16.1. The van der Waals surface area contributed by atoms with Gasteiger partial charge in [-0.3, -0.25) is 13.9 Å². The van der Waals surface area contributed by atoms with E-state index in [1.807, 2.05) is 63.2 Å². The number of nitrogens with zero attached hydrogens (tertiary/aromatic N) is 2. The van der Waals surface area contributed by atoms with Crippen molar-refractivity contribution in [1.29, 1.82) is 0 Å². The molecular formula is C37H43N3O6S. The summed E-state index contributed by atoms with van der Waals surface area (Å²) >= 11 is 0. The summed E-state index contributed by atoms with van der Waals surface area (Å²) in [5, 5.41) is 3.00. The fourth-order valence-electron chi connectivity index (χ4n) is 5.06. The van der Waals surface area contributed by atoms with E-state index in [-0.39, 0.29) is 29.7 Å². The van der Waals surface area contributed by atoms with E-state index in [0.717, 1.165) is 21.0 Å². The summed E-state index contributed by atoms with van der Waals surface area (Å²) in [5.41, 5.74) is 2.85. The Labute approximate surface area is 278 Å².